The van der Waals surface area contributed by atoms with Crippen molar-refractivity contribution in [3.05, 3.63) is 20.8 Å². The van der Waals surface area contributed by atoms with Crippen molar-refractivity contribution in [2.24, 2.45) is 0 Å². The molecule has 5 heteroatoms. The van der Waals surface area contributed by atoms with Crippen LogP contribution in [0.2, 0.25) is 0 Å². The number of nitro groups is 1. The van der Waals surface area contributed by atoms with Gasteiger partial charge in [0.25, 0.3) is 0 Å². The SMILES string of the molecule is Cc1nc(C(C)(C)C)sc1[N+](=O)[O-]. The van der Waals surface area contributed by atoms with Crippen LogP contribution in [0.15, 0.2) is 0 Å². The molecule has 72 valence electrons. The third-order valence-corrected chi connectivity index (χ3v) is 3.11. The molecule has 13 heavy (non-hydrogen) atoms. The lowest BCUT2D eigenvalue weighted by Gasteiger charge is -2.12. The zero-order valence-corrected chi connectivity index (χ0v) is 8.94. The van der Waals surface area contributed by atoms with Gasteiger partial charge in [-0.2, -0.15) is 0 Å². The van der Waals surface area contributed by atoms with Crippen LogP contribution in [0.4, 0.5) is 5.00 Å². The van der Waals surface area contributed by atoms with Crippen LogP contribution in [-0.2, 0) is 5.41 Å². The quantitative estimate of drug-likeness (QED) is 0.517. The summed E-state index contributed by atoms with van der Waals surface area (Å²) in [6.45, 7) is 7.66. The van der Waals surface area contributed by atoms with Crippen LogP contribution in [0.1, 0.15) is 31.5 Å². The molecule has 0 aliphatic heterocycles. The zero-order chi connectivity index (χ0) is 10.2. The minimum Gasteiger partial charge on any atom is -0.257 e. The summed E-state index contributed by atoms with van der Waals surface area (Å²) in [5, 5.41) is 11.5. The van der Waals surface area contributed by atoms with E-state index >= 15 is 0 Å². The van der Waals surface area contributed by atoms with Crippen LogP contribution in [0.25, 0.3) is 0 Å². The number of hydrogen-bond acceptors (Lipinski definition) is 4. The van der Waals surface area contributed by atoms with Gasteiger partial charge in [0.2, 0.25) is 0 Å². The number of nitrogens with zero attached hydrogens (tertiary/aromatic N) is 2. The lowest BCUT2D eigenvalue weighted by atomic mass is 9.98. The van der Waals surface area contributed by atoms with Crippen LogP contribution in [0.3, 0.4) is 0 Å². The Morgan fingerprint density at radius 3 is 2.23 bits per heavy atom. The highest BCUT2D eigenvalue weighted by atomic mass is 32.1. The molecule has 4 nitrogen and oxygen atoms in total. The topological polar surface area (TPSA) is 56.0 Å². The van der Waals surface area contributed by atoms with Crippen molar-refractivity contribution in [2.45, 2.75) is 33.1 Å². The fraction of sp³-hybridized carbons (Fsp3) is 0.625. The van der Waals surface area contributed by atoms with Crippen LogP contribution >= 0.6 is 11.3 Å². The van der Waals surface area contributed by atoms with Crippen molar-refractivity contribution < 1.29 is 4.92 Å². The average Bonchev–Trinajstić information content (AvgIpc) is 2.29. The fourth-order valence-electron chi connectivity index (χ4n) is 0.879. The summed E-state index contributed by atoms with van der Waals surface area (Å²) in [6, 6.07) is 0. The maximum absolute atomic E-state index is 10.5. The molecule has 0 atom stereocenters. The lowest BCUT2D eigenvalue weighted by molar-refractivity contribution is -0.380. The Hall–Kier alpha value is -0.970. The van der Waals surface area contributed by atoms with Crippen LogP contribution in [0.5, 0.6) is 0 Å². The normalized spacial score (nSPS) is 11.7. The molecule has 0 fully saturated rings. The van der Waals surface area contributed by atoms with E-state index in [0.29, 0.717) is 5.69 Å². The second kappa shape index (κ2) is 3.06. The Morgan fingerprint density at radius 1 is 1.46 bits per heavy atom. The summed E-state index contributed by atoms with van der Waals surface area (Å²) in [6.07, 6.45) is 0. The molecule has 0 spiro atoms. The van der Waals surface area contributed by atoms with Gasteiger partial charge in [-0.1, -0.05) is 20.8 Å². The summed E-state index contributed by atoms with van der Waals surface area (Å²) in [5.41, 5.74) is 0.406. The zero-order valence-electron chi connectivity index (χ0n) is 8.12. The maximum Gasteiger partial charge on any atom is 0.346 e. The smallest absolute Gasteiger partial charge is 0.257 e. The predicted molar refractivity (Wildman–Crippen MR) is 52.2 cm³/mol. The van der Waals surface area contributed by atoms with Crippen LogP contribution in [0, 0.1) is 17.0 Å². The van der Waals surface area contributed by atoms with Crippen molar-refractivity contribution in [1.29, 1.82) is 0 Å². The molecular formula is C8H12N2O2S. The van der Waals surface area contributed by atoms with E-state index < -0.39 is 0 Å². The molecule has 1 heterocycles. The van der Waals surface area contributed by atoms with Crippen molar-refractivity contribution in [3.63, 3.8) is 0 Å². The minimum absolute atomic E-state index is 0.107. The third kappa shape index (κ3) is 2.03. The first-order chi connectivity index (χ1) is 5.82. The van der Waals surface area contributed by atoms with E-state index in [4.69, 9.17) is 0 Å². The van der Waals surface area contributed by atoms with E-state index in [1.807, 2.05) is 20.8 Å². The Kier molecular flexibility index (Phi) is 2.38. The highest BCUT2D eigenvalue weighted by Crippen LogP contribution is 2.33. The first kappa shape index (κ1) is 10.1. The van der Waals surface area contributed by atoms with Gasteiger partial charge in [0.1, 0.15) is 10.7 Å². The van der Waals surface area contributed by atoms with Crippen molar-refractivity contribution in [1.82, 2.24) is 4.98 Å². The van der Waals surface area contributed by atoms with Crippen molar-refractivity contribution >= 4 is 16.3 Å². The Morgan fingerprint density at radius 2 is 2.00 bits per heavy atom. The molecule has 0 amide bonds. The molecule has 0 saturated carbocycles. The highest BCUT2D eigenvalue weighted by molar-refractivity contribution is 7.15. The average molecular weight is 200 g/mol. The molecule has 0 aliphatic rings. The fourth-order valence-corrected chi connectivity index (χ4v) is 1.82. The monoisotopic (exact) mass is 200 g/mol. The second-order valence-corrected chi connectivity index (χ2v) is 4.89. The van der Waals surface area contributed by atoms with Gasteiger partial charge in [0.15, 0.2) is 0 Å². The summed E-state index contributed by atoms with van der Waals surface area (Å²) in [7, 11) is 0. The molecule has 0 unspecified atom stereocenters. The Labute approximate surface area is 80.8 Å². The molecular weight excluding hydrogens is 188 g/mol. The summed E-state index contributed by atoms with van der Waals surface area (Å²) in [4.78, 5) is 14.3. The Balaban J connectivity index is 3.17. The summed E-state index contributed by atoms with van der Waals surface area (Å²) < 4.78 is 0. The number of hydrogen-bond donors (Lipinski definition) is 0. The van der Waals surface area contributed by atoms with Crippen molar-refractivity contribution in [3.8, 4) is 0 Å². The van der Waals surface area contributed by atoms with E-state index in [1.165, 1.54) is 0 Å². The molecule has 0 aliphatic carbocycles. The molecule has 1 aromatic rings. The van der Waals surface area contributed by atoms with Gasteiger partial charge in [-0.15, -0.1) is 0 Å². The molecule has 0 N–H and O–H groups in total. The maximum atomic E-state index is 10.5. The van der Waals surface area contributed by atoms with Crippen LogP contribution < -0.4 is 0 Å². The standard InChI is InChI=1S/C8H12N2O2S/c1-5-6(10(11)12)13-7(9-5)8(2,3)4/h1-4H3. The molecule has 0 radical (unpaired) electrons. The molecule has 0 saturated heterocycles. The van der Waals surface area contributed by atoms with E-state index in [0.717, 1.165) is 16.3 Å². The first-order valence-electron chi connectivity index (χ1n) is 3.94. The largest absolute Gasteiger partial charge is 0.346 e. The van der Waals surface area contributed by atoms with Gasteiger partial charge >= 0.3 is 5.00 Å². The van der Waals surface area contributed by atoms with Crippen LogP contribution in [-0.4, -0.2) is 9.91 Å². The van der Waals surface area contributed by atoms with Gasteiger partial charge in [0.05, 0.1) is 4.92 Å². The Bertz CT molecular complexity index is 338. The predicted octanol–water partition coefficient (Wildman–Crippen LogP) is 2.66. The van der Waals surface area contributed by atoms with E-state index in [9.17, 15) is 10.1 Å². The second-order valence-electron chi connectivity index (χ2n) is 3.92. The first-order valence-corrected chi connectivity index (χ1v) is 4.76. The van der Waals surface area contributed by atoms with Gasteiger partial charge in [-0.3, -0.25) is 10.1 Å². The van der Waals surface area contributed by atoms with Gasteiger partial charge < -0.3 is 0 Å². The number of aromatic nitrogens is 1. The molecule has 1 aromatic heterocycles. The molecule has 0 bridgehead atoms. The van der Waals surface area contributed by atoms with E-state index in [1.54, 1.807) is 6.92 Å². The minimum atomic E-state index is -0.373. The summed E-state index contributed by atoms with van der Waals surface area (Å²) >= 11 is 1.16. The third-order valence-electron chi connectivity index (χ3n) is 1.58. The number of rotatable bonds is 1. The van der Waals surface area contributed by atoms with E-state index in [2.05, 4.69) is 4.98 Å². The summed E-state index contributed by atoms with van der Waals surface area (Å²) in [5.74, 6) is 0. The van der Waals surface area contributed by atoms with Crippen molar-refractivity contribution in [2.75, 3.05) is 0 Å². The van der Waals surface area contributed by atoms with E-state index in [-0.39, 0.29) is 15.3 Å². The molecule has 1 rings (SSSR count). The molecule has 0 aromatic carbocycles. The highest BCUT2D eigenvalue weighted by Gasteiger charge is 2.24. The number of thiazole rings is 1. The lowest BCUT2D eigenvalue weighted by Crippen LogP contribution is -2.10. The van der Waals surface area contributed by atoms with Gasteiger partial charge in [-0.05, 0) is 18.3 Å². The van der Waals surface area contributed by atoms with Gasteiger partial charge in [0, 0.05) is 5.41 Å². The van der Waals surface area contributed by atoms with Gasteiger partial charge in [-0.25, -0.2) is 4.98 Å². The number of aryl methyl sites for hydroxylation is 1.